The lowest BCUT2D eigenvalue weighted by atomic mass is 10.1. The third kappa shape index (κ3) is 7.37. The van der Waals surface area contributed by atoms with Gasteiger partial charge in [0, 0.05) is 22.9 Å². The van der Waals surface area contributed by atoms with Crippen molar-refractivity contribution < 1.29 is 14.7 Å². The second-order valence-electron chi connectivity index (χ2n) is 9.77. The Morgan fingerprint density at radius 2 is 1.48 bits per heavy atom. The van der Waals surface area contributed by atoms with Crippen molar-refractivity contribution in [1.29, 1.82) is 0 Å². The van der Waals surface area contributed by atoms with E-state index >= 15 is 0 Å². The first kappa shape index (κ1) is 28.9. The molecule has 0 fully saturated rings. The number of rotatable bonds is 11. The summed E-state index contributed by atoms with van der Waals surface area (Å²) in [5.74, 6) is -0.700. The third-order valence-corrected chi connectivity index (χ3v) is 7.15. The molecule has 1 amide bonds. The van der Waals surface area contributed by atoms with Crippen LogP contribution in [0.4, 0.5) is 5.69 Å². The largest absolute Gasteiger partial charge is 0.493 e. The molecule has 0 aliphatic heterocycles. The molecule has 4 aromatic carbocycles. The Bertz CT molecular complexity index is 1660. The number of hydrogen-bond acceptors (Lipinski definition) is 6. The molecule has 0 saturated carbocycles. The van der Waals surface area contributed by atoms with Gasteiger partial charge >= 0.3 is 5.91 Å². The predicted molar refractivity (Wildman–Crippen MR) is 168 cm³/mol. The molecule has 212 valence electrons. The Morgan fingerprint density at radius 1 is 0.881 bits per heavy atom. The molecule has 8 nitrogen and oxygen atoms in total. The molecule has 5 aromatic rings. The Kier molecular flexibility index (Phi) is 9.53. The van der Waals surface area contributed by atoms with Crippen LogP contribution in [0, 0.1) is 0 Å². The van der Waals surface area contributed by atoms with E-state index in [0.29, 0.717) is 30.9 Å². The number of aromatic nitrogens is 1. The van der Waals surface area contributed by atoms with E-state index in [4.69, 9.17) is 4.84 Å². The highest BCUT2D eigenvalue weighted by Crippen LogP contribution is 2.40. The molecule has 0 unspecified atom stereocenters. The quantitative estimate of drug-likeness (QED) is 0.0922. The highest BCUT2D eigenvalue weighted by atomic mass is 79.9. The fourth-order valence-corrected chi connectivity index (χ4v) is 4.99. The number of aromatic hydroxyl groups is 1. The summed E-state index contributed by atoms with van der Waals surface area (Å²) in [6.45, 7) is 3.14. The first-order valence-corrected chi connectivity index (χ1v) is 14.2. The SMILES string of the molecule is C/C(=N\OCC(=O)N=Nc1c(O)n(CN(Cc2ccccc2)Cc2ccccc2)c2ccc(Br)cc12)c1ccccc1. The van der Waals surface area contributed by atoms with Gasteiger partial charge in [-0.25, -0.2) is 0 Å². The van der Waals surface area contributed by atoms with Crippen LogP contribution in [0.25, 0.3) is 10.9 Å². The maximum atomic E-state index is 12.5. The zero-order valence-corrected chi connectivity index (χ0v) is 24.7. The van der Waals surface area contributed by atoms with Gasteiger partial charge < -0.3 is 9.94 Å². The van der Waals surface area contributed by atoms with Crippen molar-refractivity contribution >= 4 is 44.1 Å². The van der Waals surface area contributed by atoms with Crippen LogP contribution >= 0.6 is 15.9 Å². The minimum atomic E-state index is -0.621. The average molecular weight is 625 g/mol. The third-order valence-electron chi connectivity index (χ3n) is 6.65. The van der Waals surface area contributed by atoms with Gasteiger partial charge in [-0.1, -0.05) is 112 Å². The number of amides is 1. The van der Waals surface area contributed by atoms with Crippen LogP contribution in [0.2, 0.25) is 0 Å². The van der Waals surface area contributed by atoms with Gasteiger partial charge in [-0.2, -0.15) is 0 Å². The number of azo groups is 1. The number of carbonyl (C=O) groups is 1. The van der Waals surface area contributed by atoms with Crippen molar-refractivity contribution in [3.8, 4) is 5.88 Å². The summed E-state index contributed by atoms with van der Waals surface area (Å²) in [6.07, 6.45) is 0. The summed E-state index contributed by atoms with van der Waals surface area (Å²) in [6, 6.07) is 35.6. The fourth-order valence-electron chi connectivity index (χ4n) is 4.63. The molecule has 5 rings (SSSR count). The topological polar surface area (TPSA) is 91.8 Å². The molecule has 0 aliphatic carbocycles. The number of carbonyl (C=O) groups excluding carboxylic acids is 1. The smallest absolute Gasteiger partial charge is 0.304 e. The number of benzene rings is 4. The molecule has 1 heterocycles. The fraction of sp³-hybridized carbons (Fsp3) is 0.152. The standard InChI is InChI=1S/C33H30BrN5O3/c1-24(27-15-9-4-10-16-27)37-42-22-31(40)35-36-32-29-19-28(34)17-18-30(29)39(33(32)41)23-38(20-25-11-5-2-6-12-25)21-26-13-7-3-8-14-26/h2-19,41H,20-23H2,1H3/b36-35?,37-24+. The molecule has 0 spiro atoms. The van der Waals surface area contributed by atoms with Crippen LogP contribution < -0.4 is 0 Å². The lowest BCUT2D eigenvalue weighted by Gasteiger charge is -2.24. The molecule has 1 N–H and O–H groups in total. The van der Waals surface area contributed by atoms with E-state index in [0.717, 1.165) is 26.7 Å². The van der Waals surface area contributed by atoms with E-state index in [9.17, 15) is 9.90 Å². The van der Waals surface area contributed by atoms with E-state index in [-0.39, 0.29) is 18.2 Å². The van der Waals surface area contributed by atoms with Gasteiger partial charge in [-0.3, -0.25) is 14.3 Å². The van der Waals surface area contributed by atoms with E-state index in [1.165, 1.54) is 0 Å². The highest BCUT2D eigenvalue weighted by Gasteiger charge is 2.20. The molecule has 0 saturated heterocycles. The van der Waals surface area contributed by atoms with Crippen molar-refractivity contribution in [3.05, 3.63) is 130 Å². The van der Waals surface area contributed by atoms with Crippen LogP contribution in [0.15, 0.2) is 129 Å². The molecule has 0 aliphatic rings. The summed E-state index contributed by atoms with van der Waals surface area (Å²) in [4.78, 5) is 19.9. The minimum absolute atomic E-state index is 0.0790. The first-order valence-electron chi connectivity index (χ1n) is 13.5. The molecule has 1 aromatic heterocycles. The number of fused-ring (bicyclic) bond motifs is 1. The van der Waals surface area contributed by atoms with Gasteiger partial charge in [-0.15, -0.1) is 10.2 Å². The monoisotopic (exact) mass is 623 g/mol. The van der Waals surface area contributed by atoms with Crippen LogP contribution in [0.3, 0.4) is 0 Å². The van der Waals surface area contributed by atoms with E-state index < -0.39 is 5.91 Å². The zero-order valence-electron chi connectivity index (χ0n) is 23.1. The van der Waals surface area contributed by atoms with Crippen molar-refractivity contribution in [2.75, 3.05) is 6.61 Å². The molecule has 42 heavy (non-hydrogen) atoms. The molecular formula is C33H30BrN5O3. The van der Waals surface area contributed by atoms with Crippen molar-refractivity contribution in [2.45, 2.75) is 26.7 Å². The Balaban J connectivity index is 1.38. The van der Waals surface area contributed by atoms with Crippen LogP contribution in [0.5, 0.6) is 5.88 Å². The van der Waals surface area contributed by atoms with Gasteiger partial charge in [0.05, 0.1) is 17.9 Å². The molecule has 9 heteroatoms. The minimum Gasteiger partial charge on any atom is -0.493 e. The van der Waals surface area contributed by atoms with Crippen molar-refractivity contribution in [2.24, 2.45) is 15.4 Å². The van der Waals surface area contributed by atoms with E-state index in [1.807, 2.05) is 84.9 Å². The van der Waals surface area contributed by atoms with Crippen molar-refractivity contribution in [3.63, 3.8) is 0 Å². The summed E-state index contributed by atoms with van der Waals surface area (Å²) in [5.41, 5.74) is 4.82. The van der Waals surface area contributed by atoms with Crippen LogP contribution in [0.1, 0.15) is 23.6 Å². The average Bonchev–Trinajstić information content (AvgIpc) is 3.26. The summed E-state index contributed by atoms with van der Waals surface area (Å²) in [5, 5.41) is 24.0. The summed E-state index contributed by atoms with van der Waals surface area (Å²) < 4.78 is 2.60. The number of hydrogen-bond donors (Lipinski definition) is 1. The second-order valence-corrected chi connectivity index (χ2v) is 10.7. The predicted octanol–water partition coefficient (Wildman–Crippen LogP) is 7.82. The van der Waals surface area contributed by atoms with Gasteiger partial charge in [0.2, 0.25) is 5.88 Å². The first-order chi connectivity index (χ1) is 20.5. The van der Waals surface area contributed by atoms with Crippen LogP contribution in [-0.4, -0.2) is 32.8 Å². The van der Waals surface area contributed by atoms with E-state index in [1.54, 1.807) is 11.5 Å². The number of oxime groups is 1. The maximum Gasteiger partial charge on any atom is 0.304 e. The lowest BCUT2D eigenvalue weighted by Crippen LogP contribution is -2.25. The lowest BCUT2D eigenvalue weighted by molar-refractivity contribution is -0.122. The molecule has 0 bridgehead atoms. The zero-order chi connectivity index (χ0) is 29.3. The van der Waals surface area contributed by atoms with Gasteiger partial charge in [0.1, 0.15) is 0 Å². The van der Waals surface area contributed by atoms with Crippen molar-refractivity contribution in [1.82, 2.24) is 9.47 Å². The summed E-state index contributed by atoms with van der Waals surface area (Å²) in [7, 11) is 0. The molecular weight excluding hydrogens is 594 g/mol. The van der Waals surface area contributed by atoms with Gasteiger partial charge in [0.25, 0.3) is 0 Å². The Hall–Kier alpha value is -4.60. The van der Waals surface area contributed by atoms with Crippen LogP contribution in [-0.2, 0) is 29.4 Å². The number of nitrogens with zero attached hydrogens (tertiary/aromatic N) is 5. The molecule has 0 atom stereocenters. The maximum absolute atomic E-state index is 12.5. The van der Waals surface area contributed by atoms with E-state index in [2.05, 4.69) is 60.5 Å². The Labute approximate surface area is 252 Å². The normalized spacial score (nSPS) is 11.9. The Morgan fingerprint density at radius 3 is 2.10 bits per heavy atom. The molecule has 0 radical (unpaired) electrons. The van der Waals surface area contributed by atoms with Gasteiger partial charge in [-0.05, 0) is 41.8 Å². The second kappa shape index (κ2) is 13.8. The summed E-state index contributed by atoms with van der Waals surface area (Å²) >= 11 is 3.51. The highest BCUT2D eigenvalue weighted by molar-refractivity contribution is 9.10. The van der Waals surface area contributed by atoms with Gasteiger partial charge in [0.15, 0.2) is 12.3 Å². The number of halogens is 1.